The molecule has 2 aliphatic heterocycles. The Balaban J connectivity index is 2.62. The van der Waals surface area contributed by atoms with E-state index in [0.29, 0.717) is 5.82 Å². The van der Waals surface area contributed by atoms with E-state index in [2.05, 4.69) is 15.0 Å². The summed E-state index contributed by atoms with van der Waals surface area (Å²) in [5.41, 5.74) is 2.88. The van der Waals surface area contributed by atoms with Gasteiger partial charge < -0.3 is 4.57 Å². The van der Waals surface area contributed by atoms with Gasteiger partial charge in [0.15, 0.2) is 11.5 Å². The summed E-state index contributed by atoms with van der Waals surface area (Å²) in [4.78, 5) is 34.0. The molecule has 2 aliphatic rings. The Morgan fingerprint density at radius 1 is 1.10 bits per heavy atom. The van der Waals surface area contributed by atoms with Crippen molar-refractivity contribution in [2.75, 3.05) is 0 Å². The highest BCUT2D eigenvalue weighted by Crippen LogP contribution is 2.26. The van der Waals surface area contributed by atoms with Gasteiger partial charge >= 0.3 is 5.69 Å². The average Bonchev–Trinajstić information content (AvgIpc) is 2.38. The highest BCUT2D eigenvalue weighted by Gasteiger charge is 2.20. The van der Waals surface area contributed by atoms with E-state index in [1.54, 1.807) is 0 Å². The number of nitrogens with zero attached hydrogens (tertiary/aromatic N) is 3. The molecule has 0 spiro atoms. The highest BCUT2D eigenvalue weighted by atomic mass is 16.2. The summed E-state index contributed by atoms with van der Waals surface area (Å²) in [6, 6.07) is 4.02. The molecule has 108 valence electrons. The maximum absolute atomic E-state index is 12.0. The Bertz CT molecular complexity index is 937. The van der Waals surface area contributed by atoms with E-state index in [4.69, 9.17) is 0 Å². The topological polar surface area (TPSA) is 80.6 Å². The van der Waals surface area contributed by atoms with Crippen LogP contribution in [0.2, 0.25) is 0 Å². The average molecular weight is 284 g/mol. The van der Waals surface area contributed by atoms with E-state index in [0.717, 1.165) is 22.2 Å². The molecule has 0 aromatic heterocycles. The zero-order valence-corrected chi connectivity index (χ0v) is 12.4. The van der Waals surface area contributed by atoms with E-state index in [1.807, 2.05) is 44.4 Å². The fourth-order valence-corrected chi connectivity index (χ4v) is 2.53. The molecule has 1 N–H and O–H groups in total. The van der Waals surface area contributed by atoms with Crippen LogP contribution in [0.3, 0.4) is 0 Å². The number of aryl methyl sites for hydroxylation is 2. The highest BCUT2D eigenvalue weighted by molar-refractivity contribution is 5.81. The summed E-state index contributed by atoms with van der Waals surface area (Å²) in [6.07, 6.45) is 0. The van der Waals surface area contributed by atoms with Crippen molar-refractivity contribution in [2.45, 2.75) is 33.7 Å². The number of H-pyrrole nitrogens is 1. The molecule has 0 saturated carbocycles. The Kier molecular flexibility index (Phi) is 2.90. The number of nitrogens with one attached hydrogen (secondary N) is 1. The first-order valence-corrected chi connectivity index (χ1v) is 6.82. The summed E-state index contributed by atoms with van der Waals surface area (Å²) in [5, 5.41) is 0. The van der Waals surface area contributed by atoms with Crippen LogP contribution in [0.4, 0.5) is 0 Å². The van der Waals surface area contributed by atoms with Gasteiger partial charge in [-0.3, -0.25) is 9.78 Å². The molecule has 6 nitrogen and oxygen atoms in total. The maximum atomic E-state index is 12.0. The zero-order chi connectivity index (χ0) is 15.3. The third-order valence-electron chi connectivity index (χ3n) is 3.68. The van der Waals surface area contributed by atoms with Gasteiger partial charge in [-0.2, -0.15) is 4.98 Å². The van der Waals surface area contributed by atoms with Crippen molar-refractivity contribution in [3.05, 3.63) is 44.1 Å². The van der Waals surface area contributed by atoms with Crippen LogP contribution >= 0.6 is 0 Å². The molecule has 0 unspecified atom stereocenters. The van der Waals surface area contributed by atoms with Crippen molar-refractivity contribution in [1.82, 2.24) is 19.5 Å². The normalized spacial score (nSPS) is 11.7. The maximum Gasteiger partial charge on any atom is 0.349 e. The molecule has 0 bridgehead atoms. The van der Waals surface area contributed by atoms with Gasteiger partial charge in [0.2, 0.25) is 0 Å². The third-order valence-corrected chi connectivity index (χ3v) is 3.68. The summed E-state index contributed by atoms with van der Waals surface area (Å²) in [6.45, 7) is 8.00. The van der Waals surface area contributed by atoms with Crippen LogP contribution in [0, 0.1) is 13.8 Å². The molecular weight excluding hydrogens is 268 g/mol. The number of aromatic amines is 1. The second-order valence-corrected chi connectivity index (χ2v) is 5.54. The molecule has 2 heterocycles. The minimum atomic E-state index is -0.646. The molecule has 0 saturated heterocycles. The summed E-state index contributed by atoms with van der Waals surface area (Å²) >= 11 is 0. The first-order valence-electron chi connectivity index (χ1n) is 6.82. The molecule has 1 aromatic carbocycles. The standard InChI is InChI=1S/C15H16N4O2/c1-7(2)19-11-6-9(4)8(3)5-10(11)16-12-13(19)17-15(21)18-14(12)20/h5-7H,1-4H3,(H,18,20,21). The minimum Gasteiger partial charge on any atom is -0.320 e. The zero-order valence-electron chi connectivity index (χ0n) is 12.4. The monoisotopic (exact) mass is 284 g/mol. The second kappa shape index (κ2) is 4.51. The quantitative estimate of drug-likeness (QED) is 0.691. The van der Waals surface area contributed by atoms with Crippen molar-refractivity contribution in [1.29, 1.82) is 0 Å². The van der Waals surface area contributed by atoms with E-state index >= 15 is 0 Å². The molecule has 6 heteroatoms. The first-order chi connectivity index (χ1) is 9.88. The lowest BCUT2D eigenvalue weighted by molar-refractivity contribution is 0.609. The van der Waals surface area contributed by atoms with Crippen LogP contribution in [0.5, 0.6) is 0 Å². The molecular formula is C15H16N4O2. The van der Waals surface area contributed by atoms with Crippen LogP contribution < -0.4 is 11.2 Å². The van der Waals surface area contributed by atoms with Gasteiger partial charge in [0.05, 0.1) is 11.0 Å². The summed E-state index contributed by atoms with van der Waals surface area (Å²) in [7, 11) is 0. The van der Waals surface area contributed by atoms with Gasteiger partial charge in [-0.25, -0.2) is 9.78 Å². The van der Waals surface area contributed by atoms with Crippen LogP contribution in [0.25, 0.3) is 22.6 Å². The lowest BCUT2D eigenvalue weighted by atomic mass is 10.1. The fraction of sp³-hybridized carbons (Fsp3) is 0.333. The van der Waals surface area contributed by atoms with Crippen molar-refractivity contribution >= 4 is 11.0 Å². The lowest BCUT2D eigenvalue weighted by Gasteiger charge is -2.20. The number of hydrogen-bond donors (Lipinski definition) is 1. The van der Waals surface area contributed by atoms with Gasteiger partial charge in [-0.05, 0) is 51.0 Å². The van der Waals surface area contributed by atoms with Gasteiger partial charge in [-0.15, -0.1) is 0 Å². The number of fused-ring (bicyclic) bond motifs is 2. The Hall–Kier alpha value is -2.50. The van der Waals surface area contributed by atoms with Crippen LogP contribution in [0.15, 0.2) is 21.7 Å². The summed E-state index contributed by atoms with van der Waals surface area (Å²) < 4.78 is 1.89. The van der Waals surface area contributed by atoms with E-state index < -0.39 is 11.2 Å². The molecule has 0 aliphatic carbocycles. The molecule has 0 fully saturated rings. The van der Waals surface area contributed by atoms with Gasteiger partial charge in [0, 0.05) is 6.04 Å². The number of hydrogen-bond acceptors (Lipinski definition) is 4. The first kappa shape index (κ1) is 13.5. The molecule has 21 heavy (non-hydrogen) atoms. The Morgan fingerprint density at radius 3 is 2.43 bits per heavy atom. The fourth-order valence-electron chi connectivity index (χ4n) is 2.53. The van der Waals surface area contributed by atoms with E-state index in [-0.39, 0.29) is 11.7 Å². The predicted molar refractivity (Wildman–Crippen MR) is 80.9 cm³/mol. The van der Waals surface area contributed by atoms with Crippen LogP contribution in [-0.2, 0) is 0 Å². The molecule has 3 rings (SSSR count). The van der Waals surface area contributed by atoms with E-state index in [9.17, 15) is 9.59 Å². The number of rotatable bonds is 1. The van der Waals surface area contributed by atoms with Crippen LogP contribution in [-0.4, -0.2) is 19.5 Å². The minimum absolute atomic E-state index is 0.0498. The number of aromatic nitrogens is 4. The van der Waals surface area contributed by atoms with Gasteiger partial charge in [0.25, 0.3) is 5.56 Å². The van der Waals surface area contributed by atoms with Crippen LogP contribution in [0.1, 0.15) is 31.0 Å². The third kappa shape index (κ3) is 2.03. The van der Waals surface area contributed by atoms with Gasteiger partial charge in [0.1, 0.15) is 0 Å². The lowest BCUT2D eigenvalue weighted by Crippen LogP contribution is -2.29. The smallest absolute Gasteiger partial charge is 0.320 e. The predicted octanol–water partition coefficient (Wildman–Crippen LogP) is 1.78. The van der Waals surface area contributed by atoms with Gasteiger partial charge in [-0.1, -0.05) is 0 Å². The SMILES string of the molecule is Cc1cc2nc3c(=O)[nH]c(=O)nc-3n(C(C)C)c2cc1C. The van der Waals surface area contributed by atoms with Crippen molar-refractivity contribution < 1.29 is 0 Å². The van der Waals surface area contributed by atoms with E-state index in [1.165, 1.54) is 0 Å². The van der Waals surface area contributed by atoms with Crippen molar-refractivity contribution in [3.63, 3.8) is 0 Å². The Labute approximate surface area is 120 Å². The largest absolute Gasteiger partial charge is 0.349 e. The summed E-state index contributed by atoms with van der Waals surface area (Å²) in [5.74, 6) is 0.328. The molecule has 0 atom stereocenters. The second-order valence-electron chi connectivity index (χ2n) is 5.54. The number of benzene rings is 1. The molecule has 0 amide bonds. The van der Waals surface area contributed by atoms with Crippen molar-refractivity contribution in [3.8, 4) is 11.5 Å². The molecule has 1 aromatic rings. The Morgan fingerprint density at radius 2 is 1.76 bits per heavy atom. The van der Waals surface area contributed by atoms with Crippen molar-refractivity contribution in [2.24, 2.45) is 0 Å². The molecule has 0 radical (unpaired) electrons.